The maximum absolute atomic E-state index is 13.4. The number of cyclic esters (lactones) is 1. The Morgan fingerprint density at radius 1 is 0.857 bits per heavy atom. The zero-order valence-electron chi connectivity index (χ0n) is 18.9. The molecule has 0 aliphatic carbocycles. The van der Waals surface area contributed by atoms with Crippen LogP contribution in [0, 0.1) is 0 Å². The first-order valence-electron chi connectivity index (χ1n) is 11.1. The highest BCUT2D eigenvalue weighted by Gasteiger charge is 2.58. The van der Waals surface area contributed by atoms with Crippen LogP contribution in [-0.4, -0.2) is 45.8 Å². The van der Waals surface area contributed by atoms with Gasteiger partial charge in [-0.1, -0.05) is 72.8 Å². The third-order valence-electron chi connectivity index (χ3n) is 6.26. The van der Waals surface area contributed by atoms with Crippen LogP contribution in [-0.2, 0) is 20.9 Å². The highest BCUT2D eigenvalue weighted by molar-refractivity contribution is 6.21. The van der Waals surface area contributed by atoms with Crippen LogP contribution in [0.15, 0.2) is 84.9 Å². The molecule has 8 nitrogen and oxygen atoms in total. The lowest BCUT2D eigenvalue weighted by Crippen LogP contribution is -2.57. The Morgan fingerprint density at radius 3 is 2.00 bits per heavy atom. The lowest BCUT2D eigenvalue weighted by molar-refractivity contribution is -0.145. The molecule has 176 valence electrons. The van der Waals surface area contributed by atoms with Gasteiger partial charge >= 0.3 is 12.1 Å². The van der Waals surface area contributed by atoms with Gasteiger partial charge in [-0.3, -0.25) is 14.5 Å². The van der Waals surface area contributed by atoms with E-state index in [1.807, 2.05) is 30.3 Å². The first-order chi connectivity index (χ1) is 16.9. The third-order valence-corrected chi connectivity index (χ3v) is 6.26. The molecular weight excluding hydrogens is 448 g/mol. The molecule has 0 spiro atoms. The molecule has 3 aromatic rings. The molecule has 0 N–H and O–H groups in total. The number of hydrogen-bond donors (Lipinski definition) is 0. The number of carbonyl (C=O) groups is 4. The summed E-state index contributed by atoms with van der Waals surface area (Å²) in [6, 6.07) is 24.3. The molecule has 5 rings (SSSR count). The minimum atomic E-state index is -1.67. The van der Waals surface area contributed by atoms with Crippen molar-refractivity contribution in [1.82, 2.24) is 9.80 Å². The zero-order valence-corrected chi connectivity index (χ0v) is 18.9. The quantitative estimate of drug-likeness (QED) is 0.414. The lowest BCUT2D eigenvalue weighted by Gasteiger charge is -2.34. The van der Waals surface area contributed by atoms with Crippen molar-refractivity contribution in [3.8, 4) is 0 Å². The van der Waals surface area contributed by atoms with Crippen molar-refractivity contribution in [2.45, 2.75) is 25.3 Å². The number of esters is 1. The molecule has 3 aromatic carbocycles. The number of amides is 3. The second-order valence-electron chi connectivity index (χ2n) is 8.59. The van der Waals surface area contributed by atoms with Crippen LogP contribution in [0.5, 0.6) is 0 Å². The number of carbonyl (C=O) groups excluding carboxylic acids is 4. The van der Waals surface area contributed by atoms with Gasteiger partial charge in [-0.25, -0.2) is 14.5 Å². The van der Waals surface area contributed by atoms with Gasteiger partial charge in [0.15, 0.2) is 5.54 Å². The number of nitrogens with zero attached hydrogens (tertiary/aromatic N) is 2. The number of benzene rings is 3. The summed E-state index contributed by atoms with van der Waals surface area (Å²) in [7, 11) is 0. The maximum atomic E-state index is 13.4. The Morgan fingerprint density at radius 2 is 1.40 bits per heavy atom. The molecule has 0 radical (unpaired) electrons. The molecule has 8 heteroatoms. The largest absolute Gasteiger partial charge is 0.444 e. The lowest BCUT2D eigenvalue weighted by atomic mass is 10.00. The molecule has 0 unspecified atom stereocenters. The van der Waals surface area contributed by atoms with E-state index in [2.05, 4.69) is 0 Å². The average molecular weight is 470 g/mol. The van der Waals surface area contributed by atoms with E-state index in [0.29, 0.717) is 5.56 Å². The Kier molecular flexibility index (Phi) is 5.56. The molecule has 35 heavy (non-hydrogen) atoms. The predicted octanol–water partition coefficient (Wildman–Crippen LogP) is 3.94. The van der Waals surface area contributed by atoms with Crippen LogP contribution in [0.1, 0.15) is 45.0 Å². The highest BCUT2D eigenvalue weighted by atomic mass is 16.6. The van der Waals surface area contributed by atoms with Gasteiger partial charge in [0.05, 0.1) is 17.7 Å². The van der Waals surface area contributed by atoms with E-state index in [-0.39, 0.29) is 24.3 Å². The summed E-state index contributed by atoms with van der Waals surface area (Å²) in [4.78, 5) is 54.8. The summed E-state index contributed by atoms with van der Waals surface area (Å²) in [6.07, 6.45) is -1.88. The Labute approximate surface area is 201 Å². The van der Waals surface area contributed by atoms with Gasteiger partial charge in [-0.2, -0.15) is 0 Å². The minimum Gasteiger partial charge on any atom is -0.444 e. The molecule has 3 amide bonds. The number of rotatable bonds is 5. The van der Waals surface area contributed by atoms with Gasteiger partial charge < -0.3 is 9.47 Å². The van der Waals surface area contributed by atoms with Gasteiger partial charge in [-0.05, 0) is 24.6 Å². The van der Waals surface area contributed by atoms with Crippen LogP contribution >= 0.6 is 0 Å². The van der Waals surface area contributed by atoms with E-state index < -0.39 is 35.6 Å². The van der Waals surface area contributed by atoms with Gasteiger partial charge in [0.2, 0.25) is 6.23 Å². The molecule has 0 aromatic heterocycles. The first-order valence-corrected chi connectivity index (χ1v) is 11.1. The van der Waals surface area contributed by atoms with Crippen molar-refractivity contribution in [1.29, 1.82) is 0 Å². The second-order valence-corrected chi connectivity index (χ2v) is 8.59. The SMILES string of the molecule is C[C@]1(CN2C(=O)c3ccccc3C2=O)C(=O)O[C@H](c2ccccc2)N1C(=O)OCc1ccccc1. The number of ether oxygens (including phenoxy) is 2. The summed E-state index contributed by atoms with van der Waals surface area (Å²) < 4.78 is 11.2. The summed E-state index contributed by atoms with van der Waals surface area (Å²) in [5, 5.41) is 0. The topological polar surface area (TPSA) is 93.2 Å². The fraction of sp³-hybridized carbons (Fsp3) is 0.185. The smallest absolute Gasteiger partial charge is 0.414 e. The van der Waals surface area contributed by atoms with Crippen molar-refractivity contribution in [2.75, 3.05) is 6.54 Å². The molecule has 2 heterocycles. The second kappa shape index (κ2) is 8.72. The summed E-state index contributed by atoms with van der Waals surface area (Å²) in [6.45, 7) is 1.09. The van der Waals surface area contributed by atoms with E-state index >= 15 is 0 Å². The van der Waals surface area contributed by atoms with Crippen molar-refractivity contribution >= 4 is 23.9 Å². The van der Waals surface area contributed by atoms with E-state index in [0.717, 1.165) is 10.5 Å². The fourth-order valence-corrected chi connectivity index (χ4v) is 4.39. The van der Waals surface area contributed by atoms with Crippen molar-refractivity contribution < 1.29 is 28.7 Å². The van der Waals surface area contributed by atoms with Crippen LogP contribution in [0.3, 0.4) is 0 Å². The van der Waals surface area contributed by atoms with Crippen molar-refractivity contribution in [3.05, 3.63) is 107 Å². The molecule has 1 fully saturated rings. The van der Waals surface area contributed by atoms with Crippen LogP contribution in [0.2, 0.25) is 0 Å². The third kappa shape index (κ3) is 3.82. The molecule has 0 saturated carbocycles. The van der Waals surface area contributed by atoms with Crippen LogP contribution < -0.4 is 0 Å². The van der Waals surface area contributed by atoms with Crippen molar-refractivity contribution in [2.24, 2.45) is 0 Å². The molecule has 0 bridgehead atoms. The van der Waals surface area contributed by atoms with Gasteiger partial charge in [-0.15, -0.1) is 0 Å². The molecule has 2 aliphatic rings. The first kappa shape index (κ1) is 22.3. The number of fused-ring (bicyclic) bond motifs is 1. The molecule has 2 atom stereocenters. The maximum Gasteiger partial charge on any atom is 0.414 e. The summed E-state index contributed by atoms with van der Waals surface area (Å²) in [5.74, 6) is -1.79. The Hall–Kier alpha value is -4.46. The normalized spacial score (nSPS) is 21.2. The van der Waals surface area contributed by atoms with E-state index in [1.165, 1.54) is 11.8 Å². The average Bonchev–Trinajstić information content (AvgIpc) is 3.29. The summed E-state index contributed by atoms with van der Waals surface area (Å²) >= 11 is 0. The monoisotopic (exact) mass is 470 g/mol. The molecule has 2 aliphatic heterocycles. The van der Waals surface area contributed by atoms with Gasteiger partial charge in [0.1, 0.15) is 6.61 Å². The van der Waals surface area contributed by atoms with E-state index in [4.69, 9.17) is 9.47 Å². The highest BCUT2D eigenvalue weighted by Crippen LogP contribution is 2.40. The standard InChI is InChI=1S/C27H22N2O6/c1-27(17-28-22(30)20-14-8-9-15-21(20)23(28)31)25(32)35-24(19-12-6-3-7-13-19)29(27)26(33)34-16-18-10-4-2-5-11-18/h2-15,24H,16-17H2,1H3/t24-,27+/m1/s1. The van der Waals surface area contributed by atoms with Crippen LogP contribution in [0.4, 0.5) is 4.79 Å². The van der Waals surface area contributed by atoms with E-state index in [1.54, 1.807) is 54.6 Å². The predicted molar refractivity (Wildman–Crippen MR) is 124 cm³/mol. The van der Waals surface area contributed by atoms with Crippen molar-refractivity contribution in [3.63, 3.8) is 0 Å². The molecular formula is C27H22N2O6. The fourth-order valence-electron chi connectivity index (χ4n) is 4.39. The van der Waals surface area contributed by atoms with Gasteiger partial charge in [0, 0.05) is 5.56 Å². The Balaban J connectivity index is 1.47. The summed E-state index contributed by atoms with van der Waals surface area (Å²) in [5.41, 5.74) is 0.173. The molecule has 1 saturated heterocycles. The number of hydrogen-bond acceptors (Lipinski definition) is 6. The zero-order chi connectivity index (χ0) is 24.6. The Bertz CT molecular complexity index is 1270. The number of imide groups is 1. The van der Waals surface area contributed by atoms with Crippen LogP contribution in [0.25, 0.3) is 0 Å². The minimum absolute atomic E-state index is 0.0189. The van der Waals surface area contributed by atoms with Gasteiger partial charge in [0.25, 0.3) is 11.8 Å². The van der Waals surface area contributed by atoms with E-state index in [9.17, 15) is 19.2 Å².